The van der Waals surface area contributed by atoms with Crippen molar-refractivity contribution in [2.45, 2.75) is 32.0 Å². The van der Waals surface area contributed by atoms with Crippen LogP contribution in [0, 0.1) is 5.41 Å². The van der Waals surface area contributed by atoms with Gasteiger partial charge in [0.15, 0.2) is 0 Å². The minimum Gasteiger partial charge on any atom is -0.386 e. The van der Waals surface area contributed by atoms with Gasteiger partial charge < -0.3 is 16.4 Å². The molecule has 21 heavy (non-hydrogen) atoms. The van der Waals surface area contributed by atoms with Crippen LogP contribution >= 0.6 is 0 Å². The van der Waals surface area contributed by atoms with Crippen LogP contribution < -0.4 is 16.4 Å². The first-order valence-electron chi connectivity index (χ1n) is 6.20. The van der Waals surface area contributed by atoms with Crippen molar-refractivity contribution >= 4 is 17.6 Å². The maximum absolute atomic E-state index is 12.8. The second-order valence-electron chi connectivity index (χ2n) is 4.72. The van der Waals surface area contributed by atoms with Crippen LogP contribution in [-0.4, -0.2) is 17.4 Å². The Morgan fingerprint density at radius 1 is 1.33 bits per heavy atom. The van der Waals surface area contributed by atoms with Crippen LogP contribution in [0.4, 0.5) is 23.7 Å². The van der Waals surface area contributed by atoms with Crippen LogP contribution in [0.2, 0.25) is 0 Å². The number of halogens is 3. The van der Waals surface area contributed by atoms with E-state index in [2.05, 4.69) is 10.6 Å². The van der Waals surface area contributed by atoms with Crippen LogP contribution in [0.1, 0.15) is 25.8 Å². The number of nitrogens with one attached hydrogen (secondary N) is 3. The number of urea groups is 1. The van der Waals surface area contributed by atoms with E-state index in [1.54, 1.807) is 6.92 Å². The predicted octanol–water partition coefficient (Wildman–Crippen LogP) is 2.93. The first kappa shape index (κ1) is 16.8. The molecule has 0 saturated heterocycles. The number of nitrogens with two attached hydrogens (primary N) is 1. The number of amidine groups is 1. The first-order chi connectivity index (χ1) is 9.60. The third-order valence-electron chi connectivity index (χ3n) is 3.17. The summed E-state index contributed by atoms with van der Waals surface area (Å²) in [6, 6.07) is 3.79. The Morgan fingerprint density at radius 3 is 2.38 bits per heavy atom. The molecular formula is C13H17F3N4O. The Labute approximate surface area is 120 Å². The lowest BCUT2D eigenvalue weighted by atomic mass is 9.98. The number of anilines is 1. The summed E-state index contributed by atoms with van der Waals surface area (Å²) in [6.45, 7) is 3.22. The average molecular weight is 302 g/mol. The topological polar surface area (TPSA) is 91.0 Å². The molecule has 8 heteroatoms. The Morgan fingerprint density at radius 2 is 1.90 bits per heavy atom. The van der Waals surface area contributed by atoms with E-state index in [9.17, 15) is 18.0 Å². The van der Waals surface area contributed by atoms with Crippen molar-refractivity contribution in [1.82, 2.24) is 5.32 Å². The number of carbonyl (C=O) groups excluding carboxylic acids is 1. The number of amides is 2. The summed E-state index contributed by atoms with van der Waals surface area (Å²) in [6.07, 6.45) is -4.24. The highest BCUT2D eigenvalue weighted by Crippen LogP contribution is 2.34. The van der Waals surface area contributed by atoms with E-state index in [-0.39, 0.29) is 11.5 Å². The molecule has 0 aliphatic heterocycles. The zero-order valence-corrected chi connectivity index (χ0v) is 11.6. The molecule has 0 fully saturated rings. The van der Waals surface area contributed by atoms with E-state index in [0.29, 0.717) is 6.42 Å². The summed E-state index contributed by atoms with van der Waals surface area (Å²) < 4.78 is 38.4. The predicted molar refractivity (Wildman–Crippen MR) is 74.2 cm³/mol. The summed E-state index contributed by atoms with van der Waals surface area (Å²) in [5.74, 6) is -0.274. The van der Waals surface area contributed by atoms with Gasteiger partial charge in [-0.3, -0.25) is 5.41 Å². The molecule has 0 aliphatic rings. The summed E-state index contributed by atoms with van der Waals surface area (Å²) in [4.78, 5) is 11.8. The quantitative estimate of drug-likeness (QED) is 0.509. The van der Waals surface area contributed by atoms with E-state index >= 15 is 0 Å². The fourth-order valence-electron chi connectivity index (χ4n) is 1.59. The first-order valence-corrected chi connectivity index (χ1v) is 6.20. The average Bonchev–Trinajstić information content (AvgIpc) is 2.37. The van der Waals surface area contributed by atoms with Gasteiger partial charge in [-0.25, -0.2) is 4.79 Å². The molecule has 1 unspecified atom stereocenters. The molecule has 0 heterocycles. The SMILES string of the molecule is CCC(C)(NC(=O)Nc1ccccc1C(F)(F)F)C(=N)N. The smallest absolute Gasteiger partial charge is 0.386 e. The molecule has 2 amide bonds. The lowest BCUT2D eigenvalue weighted by Gasteiger charge is -2.28. The number of carbonyl (C=O) groups is 1. The molecule has 5 N–H and O–H groups in total. The van der Waals surface area contributed by atoms with Gasteiger partial charge in [0.2, 0.25) is 0 Å². The zero-order chi connectivity index (χ0) is 16.3. The van der Waals surface area contributed by atoms with Crippen LogP contribution in [0.15, 0.2) is 24.3 Å². The summed E-state index contributed by atoms with van der Waals surface area (Å²) in [5.41, 5.74) is 2.97. The monoisotopic (exact) mass is 302 g/mol. The molecule has 0 aliphatic carbocycles. The van der Waals surface area contributed by atoms with Gasteiger partial charge in [0, 0.05) is 0 Å². The van der Waals surface area contributed by atoms with Gasteiger partial charge in [0.05, 0.1) is 16.8 Å². The summed E-state index contributed by atoms with van der Waals surface area (Å²) >= 11 is 0. The Balaban J connectivity index is 2.93. The third kappa shape index (κ3) is 4.11. The van der Waals surface area contributed by atoms with E-state index < -0.39 is 23.3 Å². The number of hydrogen-bond acceptors (Lipinski definition) is 2. The zero-order valence-electron chi connectivity index (χ0n) is 11.6. The van der Waals surface area contributed by atoms with Crippen molar-refractivity contribution < 1.29 is 18.0 Å². The van der Waals surface area contributed by atoms with Gasteiger partial charge in [-0.05, 0) is 25.5 Å². The summed E-state index contributed by atoms with van der Waals surface area (Å²) in [7, 11) is 0. The molecule has 0 bridgehead atoms. The Kier molecular flexibility index (Phi) is 4.82. The molecular weight excluding hydrogens is 285 g/mol. The number of para-hydroxylation sites is 1. The third-order valence-corrected chi connectivity index (χ3v) is 3.17. The molecule has 0 aromatic heterocycles. The highest BCUT2D eigenvalue weighted by Gasteiger charge is 2.34. The van der Waals surface area contributed by atoms with Gasteiger partial charge in [-0.1, -0.05) is 19.1 Å². The van der Waals surface area contributed by atoms with E-state index in [4.69, 9.17) is 11.1 Å². The Bertz CT molecular complexity index is 544. The lowest BCUT2D eigenvalue weighted by molar-refractivity contribution is -0.136. The Hall–Kier alpha value is -2.25. The second-order valence-corrected chi connectivity index (χ2v) is 4.72. The molecule has 1 rings (SSSR count). The minimum absolute atomic E-state index is 0.274. The van der Waals surface area contributed by atoms with Crippen molar-refractivity contribution in [3.8, 4) is 0 Å². The van der Waals surface area contributed by atoms with Gasteiger partial charge in [0.1, 0.15) is 5.84 Å². The van der Waals surface area contributed by atoms with Crippen LogP contribution in [0.25, 0.3) is 0 Å². The molecule has 0 radical (unpaired) electrons. The van der Waals surface area contributed by atoms with E-state index in [1.165, 1.54) is 19.1 Å². The molecule has 116 valence electrons. The minimum atomic E-state index is -4.57. The van der Waals surface area contributed by atoms with Crippen molar-refractivity contribution in [3.05, 3.63) is 29.8 Å². The highest BCUT2D eigenvalue weighted by atomic mass is 19.4. The molecule has 0 spiro atoms. The molecule has 1 atom stereocenters. The molecule has 1 aromatic carbocycles. The van der Waals surface area contributed by atoms with Crippen molar-refractivity contribution in [2.24, 2.45) is 5.73 Å². The largest absolute Gasteiger partial charge is 0.418 e. The number of hydrogen-bond donors (Lipinski definition) is 4. The van der Waals surface area contributed by atoms with E-state index in [0.717, 1.165) is 12.1 Å². The lowest BCUT2D eigenvalue weighted by Crippen LogP contribution is -2.55. The maximum atomic E-state index is 12.8. The van der Waals surface area contributed by atoms with Gasteiger partial charge in [-0.15, -0.1) is 0 Å². The second kappa shape index (κ2) is 6.02. The highest BCUT2D eigenvalue weighted by molar-refractivity contribution is 5.96. The van der Waals surface area contributed by atoms with Gasteiger partial charge >= 0.3 is 12.2 Å². The van der Waals surface area contributed by atoms with Crippen LogP contribution in [0.5, 0.6) is 0 Å². The number of alkyl halides is 3. The molecule has 1 aromatic rings. The fraction of sp³-hybridized carbons (Fsp3) is 0.385. The van der Waals surface area contributed by atoms with E-state index in [1.807, 2.05) is 0 Å². The van der Waals surface area contributed by atoms with Gasteiger partial charge in [0.25, 0.3) is 0 Å². The van der Waals surface area contributed by atoms with Crippen molar-refractivity contribution in [3.63, 3.8) is 0 Å². The normalized spacial score (nSPS) is 14.1. The molecule has 0 saturated carbocycles. The standard InChI is InChI=1S/C13H17F3N4O/c1-3-12(2,10(17)18)20-11(21)19-9-7-5-4-6-8(9)13(14,15)16/h4-7H,3H2,1-2H3,(H3,17,18)(H2,19,20,21). The fourth-order valence-corrected chi connectivity index (χ4v) is 1.59. The number of benzene rings is 1. The van der Waals surface area contributed by atoms with Crippen LogP contribution in [-0.2, 0) is 6.18 Å². The van der Waals surface area contributed by atoms with Gasteiger partial charge in [-0.2, -0.15) is 13.2 Å². The summed E-state index contributed by atoms with van der Waals surface area (Å²) in [5, 5.41) is 12.0. The molecule has 5 nitrogen and oxygen atoms in total. The van der Waals surface area contributed by atoms with Crippen LogP contribution in [0.3, 0.4) is 0 Å². The van der Waals surface area contributed by atoms with Crippen molar-refractivity contribution in [2.75, 3.05) is 5.32 Å². The van der Waals surface area contributed by atoms with Crippen molar-refractivity contribution in [1.29, 1.82) is 5.41 Å². The number of rotatable bonds is 4. The maximum Gasteiger partial charge on any atom is 0.418 e.